The quantitative estimate of drug-likeness (QED) is 0.883. The van der Waals surface area contributed by atoms with Crippen LogP contribution in [0.25, 0.3) is 0 Å². The summed E-state index contributed by atoms with van der Waals surface area (Å²) in [7, 11) is 0. The number of halogens is 1. The third-order valence-corrected chi connectivity index (χ3v) is 4.00. The maximum atomic E-state index is 13.7. The molecule has 2 aliphatic heterocycles. The molecule has 110 valence electrons. The molecule has 2 saturated heterocycles. The molecule has 20 heavy (non-hydrogen) atoms. The summed E-state index contributed by atoms with van der Waals surface area (Å²) >= 11 is 0. The molecule has 0 radical (unpaired) electrons. The summed E-state index contributed by atoms with van der Waals surface area (Å²) in [4.78, 5) is 0. The van der Waals surface area contributed by atoms with Gasteiger partial charge in [0.1, 0.15) is 11.6 Å². The van der Waals surface area contributed by atoms with Gasteiger partial charge in [0.05, 0.1) is 25.4 Å². The van der Waals surface area contributed by atoms with Crippen LogP contribution in [0.5, 0.6) is 5.75 Å². The fourth-order valence-electron chi connectivity index (χ4n) is 3.23. The summed E-state index contributed by atoms with van der Waals surface area (Å²) in [5, 5.41) is 14.4. The van der Waals surface area contributed by atoms with E-state index in [1.54, 1.807) is 6.07 Å². The Kier molecular flexibility index (Phi) is 3.67. The first-order valence-electron chi connectivity index (χ1n) is 7.09. The Labute approximate surface area is 117 Å². The van der Waals surface area contributed by atoms with Gasteiger partial charge in [-0.3, -0.25) is 0 Å². The Morgan fingerprint density at radius 2 is 2.05 bits per heavy atom. The highest BCUT2D eigenvalue weighted by molar-refractivity contribution is 5.34. The van der Waals surface area contributed by atoms with Crippen LogP contribution in [0.4, 0.5) is 4.39 Å². The van der Waals surface area contributed by atoms with Gasteiger partial charge in [-0.2, -0.15) is 0 Å². The maximum Gasteiger partial charge on any atom is 0.127 e. The van der Waals surface area contributed by atoms with E-state index in [1.807, 2.05) is 6.92 Å². The number of fused-ring (bicyclic) bond motifs is 2. The van der Waals surface area contributed by atoms with Crippen molar-refractivity contribution in [1.29, 1.82) is 0 Å². The van der Waals surface area contributed by atoms with Crippen molar-refractivity contribution in [3.63, 3.8) is 0 Å². The molecular formula is C15H20FNO3. The van der Waals surface area contributed by atoms with Crippen LogP contribution in [-0.2, 0) is 10.3 Å². The van der Waals surface area contributed by atoms with Gasteiger partial charge in [-0.05, 0) is 37.5 Å². The second kappa shape index (κ2) is 5.31. The molecule has 2 N–H and O–H groups in total. The number of benzene rings is 1. The Morgan fingerprint density at radius 1 is 1.35 bits per heavy atom. The standard InChI is InChI=1S/C15H20FNO3/c1-2-20-14-4-10(3-11(16)5-14)15(18)6-12-8-19-9-13(7-15)17-12/h3-5,12-13,17-18H,2,6-9H2,1H3. The van der Waals surface area contributed by atoms with E-state index in [0.29, 0.717) is 44.0 Å². The summed E-state index contributed by atoms with van der Waals surface area (Å²) in [6, 6.07) is 4.73. The van der Waals surface area contributed by atoms with Gasteiger partial charge in [-0.15, -0.1) is 0 Å². The lowest BCUT2D eigenvalue weighted by Gasteiger charge is -2.45. The van der Waals surface area contributed by atoms with E-state index in [2.05, 4.69) is 5.32 Å². The lowest BCUT2D eigenvalue weighted by molar-refractivity contribution is -0.0804. The zero-order valence-electron chi connectivity index (χ0n) is 11.6. The first-order valence-corrected chi connectivity index (χ1v) is 7.09. The fourth-order valence-corrected chi connectivity index (χ4v) is 3.23. The van der Waals surface area contributed by atoms with E-state index in [9.17, 15) is 9.50 Å². The van der Waals surface area contributed by atoms with Gasteiger partial charge in [0.15, 0.2) is 0 Å². The van der Waals surface area contributed by atoms with Crippen molar-refractivity contribution in [3.05, 3.63) is 29.6 Å². The van der Waals surface area contributed by atoms with Gasteiger partial charge in [0.2, 0.25) is 0 Å². The molecule has 0 aromatic heterocycles. The minimum Gasteiger partial charge on any atom is -0.494 e. The lowest BCUT2D eigenvalue weighted by Crippen LogP contribution is -2.58. The highest BCUT2D eigenvalue weighted by Crippen LogP contribution is 2.38. The molecule has 2 atom stereocenters. The predicted molar refractivity (Wildman–Crippen MR) is 72.2 cm³/mol. The number of rotatable bonds is 3. The highest BCUT2D eigenvalue weighted by atomic mass is 19.1. The molecule has 0 spiro atoms. The van der Waals surface area contributed by atoms with Crippen LogP contribution in [0.1, 0.15) is 25.3 Å². The summed E-state index contributed by atoms with van der Waals surface area (Å²) in [5.41, 5.74) is -0.419. The van der Waals surface area contributed by atoms with Crippen LogP contribution in [0.3, 0.4) is 0 Å². The zero-order chi connectivity index (χ0) is 14.2. The van der Waals surface area contributed by atoms with Crippen molar-refractivity contribution in [2.75, 3.05) is 19.8 Å². The number of hydrogen-bond acceptors (Lipinski definition) is 4. The molecule has 3 rings (SSSR count). The zero-order valence-corrected chi connectivity index (χ0v) is 11.6. The summed E-state index contributed by atoms with van der Waals surface area (Å²) in [6.45, 7) is 3.51. The molecule has 0 aliphatic carbocycles. The minimum absolute atomic E-state index is 0.117. The lowest BCUT2D eigenvalue weighted by atomic mass is 9.78. The van der Waals surface area contributed by atoms with E-state index < -0.39 is 5.60 Å². The van der Waals surface area contributed by atoms with Crippen molar-refractivity contribution < 1.29 is 19.0 Å². The number of ether oxygens (including phenoxy) is 2. The molecule has 2 bridgehead atoms. The van der Waals surface area contributed by atoms with Gasteiger partial charge in [0, 0.05) is 18.2 Å². The van der Waals surface area contributed by atoms with Crippen LogP contribution in [-0.4, -0.2) is 37.0 Å². The number of morpholine rings is 1. The van der Waals surface area contributed by atoms with Crippen LogP contribution in [0, 0.1) is 5.82 Å². The normalized spacial score (nSPS) is 33.0. The van der Waals surface area contributed by atoms with Gasteiger partial charge < -0.3 is 19.9 Å². The van der Waals surface area contributed by atoms with Crippen LogP contribution < -0.4 is 10.1 Å². The van der Waals surface area contributed by atoms with Gasteiger partial charge in [0.25, 0.3) is 0 Å². The maximum absolute atomic E-state index is 13.7. The van der Waals surface area contributed by atoms with Crippen LogP contribution in [0.15, 0.2) is 18.2 Å². The smallest absolute Gasteiger partial charge is 0.127 e. The minimum atomic E-state index is -1.02. The monoisotopic (exact) mass is 281 g/mol. The van der Waals surface area contributed by atoms with Crippen molar-refractivity contribution >= 4 is 0 Å². The van der Waals surface area contributed by atoms with Crippen LogP contribution in [0.2, 0.25) is 0 Å². The molecule has 2 aliphatic rings. The summed E-state index contributed by atoms with van der Waals surface area (Å²) in [5.74, 6) is 0.0928. The third kappa shape index (κ3) is 2.66. The average molecular weight is 281 g/mol. The SMILES string of the molecule is CCOc1cc(F)cc(C2(O)CC3COCC(C2)N3)c1. The summed E-state index contributed by atoms with van der Waals surface area (Å²) < 4.78 is 24.6. The fraction of sp³-hybridized carbons (Fsp3) is 0.600. The Balaban J connectivity index is 1.90. The average Bonchev–Trinajstić information content (AvgIpc) is 2.38. The largest absolute Gasteiger partial charge is 0.494 e. The van der Waals surface area contributed by atoms with E-state index in [-0.39, 0.29) is 17.9 Å². The van der Waals surface area contributed by atoms with Crippen molar-refractivity contribution in [2.45, 2.75) is 37.5 Å². The van der Waals surface area contributed by atoms with Crippen molar-refractivity contribution in [1.82, 2.24) is 5.32 Å². The van der Waals surface area contributed by atoms with Gasteiger partial charge in [-0.1, -0.05) is 0 Å². The van der Waals surface area contributed by atoms with Gasteiger partial charge in [-0.25, -0.2) is 4.39 Å². The molecule has 4 nitrogen and oxygen atoms in total. The summed E-state index contributed by atoms with van der Waals surface area (Å²) in [6.07, 6.45) is 1.05. The molecular weight excluding hydrogens is 261 g/mol. The molecule has 0 saturated carbocycles. The Bertz CT molecular complexity index is 482. The van der Waals surface area contributed by atoms with Crippen LogP contribution >= 0.6 is 0 Å². The van der Waals surface area contributed by atoms with E-state index in [1.165, 1.54) is 12.1 Å². The van der Waals surface area contributed by atoms with E-state index >= 15 is 0 Å². The molecule has 1 aromatic carbocycles. The third-order valence-electron chi connectivity index (χ3n) is 4.00. The second-order valence-electron chi connectivity index (χ2n) is 5.65. The number of aliphatic hydroxyl groups is 1. The van der Waals surface area contributed by atoms with Gasteiger partial charge >= 0.3 is 0 Å². The molecule has 2 unspecified atom stereocenters. The Morgan fingerprint density at radius 3 is 2.70 bits per heavy atom. The van der Waals surface area contributed by atoms with Crippen molar-refractivity contribution in [3.8, 4) is 5.75 Å². The first-order chi connectivity index (χ1) is 9.59. The molecule has 2 fully saturated rings. The van der Waals surface area contributed by atoms with Crippen molar-refractivity contribution in [2.24, 2.45) is 0 Å². The number of hydrogen-bond donors (Lipinski definition) is 2. The molecule has 5 heteroatoms. The molecule has 2 heterocycles. The second-order valence-corrected chi connectivity index (χ2v) is 5.65. The predicted octanol–water partition coefficient (Wildman–Crippen LogP) is 1.56. The highest BCUT2D eigenvalue weighted by Gasteiger charge is 2.42. The molecule has 1 aromatic rings. The topological polar surface area (TPSA) is 50.7 Å². The van der Waals surface area contributed by atoms with E-state index in [4.69, 9.17) is 9.47 Å². The number of nitrogens with one attached hydrogen (secondary N) is 1. The molecule has 0 amide bonds. The first kappa shape index (κ1) is 13.8. The van der Waals surface area contributed by atoms with E-state index in [0.717, 1.165) is 0 Å². The Hall–Kier alpha value is -1.17. The number of piperidine rings is 1.